The molecule has 3 rings (SSSR count). The van der Waals surface area contributed by atoms with Gasteiger partial charge in [0.05, 0.1) is 12.5 Å². The molecule has 0 aromatic carbocycles. The van der Waals surface area contributed by atoms with Crippen LogP contribution in [0.25, 0.3) is 5.52 Å². The Morgan fingerprint density at radius 2 is 2.17 bits per heavy atom. The summed E-state index contributed by atoms with van der Waals surface area (Å²) >= 11 is 0. The molecule has 18 heavy (non-hydrogen) atoms. The van der Waals surface area contributed by atoms with E-state index >= 15 is 0 Å². The highest BCUT2D eigenvalue weighted by atomic mass is 15.2. The third kappa shape index (κ3) is 2.17. The van der Waals surface area contributed by atoms with Crippen LogP contribution in [0.3, 0.4) is 0 Å². The van der Waals surface area contributed by atoms with Gasteiger partial charge in [0.2, 0.25) is 0 Å². The fraction of sp³-hybridized carbons (Fsp3) is 0.250. The minimum atomic E-state index is 0.871. The third-order valence-corrected chi connectivity index (χ3v) is 2.77. The van der Waals surface area contributed by atoms with Crippen LogP contribution in [-0.2, 0) is 6.54 Å². The van der Waals surface area contributed by atoms with E-state index in [1.807, 2.05) is 29.3 Å². The van der Waals surface area contributed by atoms with Crippen molar-refractivity contribution in [2.24, 2.45) is 0 Å². The van der Waals surface area contributed by atoms with E-state index < -0.39 is 0 Å². The van der Waals surface area contributed by atoms with Gasteiger partial charge in [-0.15, -0.1) is 0 Å². The minimum absolute atomic E-state index is 0.871. The Hall–Kier alpha value is -2.37. The molecule has 0 aliphatic heterocycles. The molecule has 3 aromatic heterocycles. The highest BCUT2D eigenvalue weighted by Crippen LogP contribution is 2.11. The molecule has 0 aliphatic carbocycles. The van der Waals surface area contributed by atoms with E-state index in [2.05, 4.69) is 25.0 Å². The molecule has 0 spiro atoms. The molecular formula is C12H14N6. The van der Waals surface area contributed by atoms with Crippen molar-refractivity contribution in [2.45, 2.75) is 13.0 Å². The minimum Gasteiger partial charge on any atom is -0.368 e. The summed E-state index contributed by atoms with van der Waals surface area (Å²) < 4.78 is 3.87. The lowest BCUT2D eigenvalue weighted by Gasteiger charge is -2.07. The maximum Gasteiger partial charge on any atom is 0.152 e. The molecule has 3 aromatic rings. The van der Waals surface area contributed by atoms with Crippen LogP contribution in [0.1, 0.15) is 6.42 Å². The quantitative estimate of drug-likeness (QED) is 0.687. The lowest BCUT2D eigenvalue weighted by molar-refractivity contribution is 0.660. The smallest absolute Gasteiger partial charge is 0.152 e. The Morgan fingerprint density at radius 3 is 3.06 bits per heavy atom. The van der Waals surface area contributed by atoms with Gasteiger partial charge in [0.1, 0.15) is 5.52 Å². The van der Waals surface area contributed by atoms with Gasteiger partial charge in [0.15, 0.2) is 5.82 Å². The van der Waals surface area contributed by atoms with Crippen LogP contribution in [0.4, 0.5) is 5.82 Å². The molecular weight excluding hydrogens is 228 g/mol. The number of nitrogens with one attached hydrogen (secondary N) is 1. The summed E-state index contributed by atoms with van der Waals surface area (Å²) in [5.74, 6) is 0.876. The standard InChI is InChI=1S/C12H14N6/c1(7-17-8-5-13-10-17)3-14-12-11-2-4-16-18(11)9-6-15-12/h2,4-6,8-10H,1,3,7H2,(H,14,15). The summed E-state index contributed by atoms with van der Waals surface area (Å²) in [5, 5.41) is 7.50. The number of aromatic nitrogens is 5. The second-order valence-electron chi connectivity index (χ2n) is 4.02. The number of hydrogen-bond acceptors (Lipinski definition) is 4. The van der Waals surface area contributed by atoms with Crippen molar-refractivity contribution < 1.29 is 0 Å². The predicted molar refractivity (Wildman–Crippen MR) is 68.3 cm³/mol. The molecule has 0 saturated carbocycles. The van der Waals surface area contributed by atoms with Crippen LogP contribution in [0, 0.1) is 0 Å². The lowest BCUT2D eigenvalue weighted by Crippen LogP contribution is -2.08. The first-order valence-electron chi connectivity index (χ1n) is 5.91. The van der Waals surface area contributed by atoms with Crippen molar-refractivity contribution >= 4 is 11.3 Å². The molecule has 0 fully saturated rings. The van der Waals surface area contributed by atoms with Gasteiger partial charge in [-0.1, -0.05) is 0 Å². The van der Waals surface area contributed by atoms with Gasteiger partial charge in [-0.3, -0.25) is 0 Å². The number of nitrogens with zero attached hydrogens (tertiary/aromatic N) is 5. The second kappa shape index (κ2) is 4.87. The van der Waals surface area contributed by atoms with Gasteiger partial charge in [0, 0.05) is 37.9 Å². The van der Waals surface area contributed by atoms with Gasteiger partial charge in [-0.2, -0.15) is 5.10 Å². The number of anilines is 1. The lowest BCUT2D eigenvalue weighted by atomic mass is 10.4. The Morgan fingerprint density at radius 1 is 1.17 bits per heavy atom. The molecule has 1 N–H and O–H groups in total. The molecule has 0 radical (unpaired) electrons. The number of imidazole rings is 1. The maximum atomic E-state index is 4.32. The zero-order chi connectivity index (χ0) is 12.2. The number of aryl methyl sites for hydroxylation is 1. The molecule has 92 valence electrons. The molecule has 0 atom stereocenters. The SMILES string of the molecule is c1cn(CCCNc2nccn3nccc23)cn1. The molecule has 0 amide bonds. The predicted octanol–water partition coefficient (Wildman–Crippen LogP) is 1.43. The zero-order valence-electron chi connectivity index (χ0n) is 9.90. The van der Waals surface area contributed by atoms with Crippen molar-refractivity contribution in [2.75, 3.05) is 11.9 Å². The van der Waals surface area contributed by atoms with Crippen LogP contribution in [0.15, 0.2) is 43.4 Å². The van der Waals surface area contributed by atoms with Crippen molar-refractivity contribution in [3.8, 4) is 0 Å². The van der Waals surface area contributed by atoms with Gasteiger partial charge < -0.3 is 9.88 Å². The molecule has 6 heteroatoms. The normalized spacial score (nSPS) is 10.9. The first-order valence-corrected chi connectivity index (χ1v) is 5.91. The highest BCUT2D eigenvalue weighted by molar-refractivity contribution is 5.66. The largest absolute Gasteiger partial charge is 0.368 e. The summed E-state index contributed by atoms with van der Waals surface area (Å²) in [6.45, 7) is 1.82. The zero-order valence-corrected chi connectivity index (χ0v) is 9.90. The Labute approximate surface area is 104 Å². The number of fused-ring (bicyclic) bond motifs is 1. The Kier molecular flexibility index (Phi) is 2.91. The van der Waals surface area contributed by atoms with E-state index in [1.54, 1.807) is 18.6 Å². The summed E-state index contributed by atoms with van der Waals surface area (Å²) in [6, 6.07) is 1.95. The van der Waals surface area contributed by atoms with E-state index in [0.29, 0.717) is 0 Å². The fourth-order valence-electron chi connectivity index (χ4n) is 1.88. The summed E-state index contributed by atoms with van der Waals surface area (Å²) in [4.78, 5) is 8.33. The van der Waals surface area contributed by atoms with Gasteiger partial charge in [-0.25, -0.2) is 14.5 Å². The summed E-state index contributed by atoms with van der Waals surface area (Å²) in [5.41, 5.74) is 1.00. The van der Waals surface area contributed by atoms with Crippen molar-refractivity contribution in [3.63, 3.8) is 0 Å². The number of hydrogen-bond donors (Lipinski definition) is 1. The molecule has 0 bridgehead atoms. The average molecular weight is 242 g/mol. The van der Waals surface area contributed by atoms with Crippen LogP contribution < -0.4 is 5.32 Å². The van der Waals surface area contributed by atoms with Crippen LogP contribution >= 0.6 is 0 Å². The van der Waals surface area contributed by atoms with Crippen LogP contribution in [0.5, 0.6) is 0 Å². The Balaban J connectivity index is 1.58. The molecule has 0 saturated heterocycles. The van der Waals surface area contributed by atoms with Gasteiger partial charge >= 0.3 is 0 Å². The van der Waals surface area contributed by atoms with E-state index in [0.717, 1.165) is 30.8 Å². The summed E-state index contributed by atoms with van der Waals surface area (Å²) in [6.07, 6.45) is 12.0. The number of rotatable bonds is 5. The molecule has 0 unspecified atom stereocenters. The van der Waals surface area contributed by atoms with E-state index in [1.165, 1.54) is 0 Å². The topological polar surface area (TPSA) is 60.0 Å². The average Bonchev–Trinajstić information content (AvgIpc) is 3.05. The second-order valence-corrected chi connectivity index (χ2v) is 4.02. The monoisotopic (exact) mass is 242 g/mol. The van der Waals surface area contributed by atoms with E-state index in [-0.39, 0.29) is 0 Å². The molecule has 6 nitrogen and oxygen atoms in total. The van der Waals surface area contributed by atoms with E-state index in [9.17, 15) is 0 Å². The first-order chi connectivity index (χ1) is 8.93. The van der Waals surface area contributed by atoms with Crippen LogP contribution in [0.2, 0.25) is 0 Å². The third-order valence-electron chi connectivity index (χ3n) is 2.77. The van der Waals surface area contributed by atoms with Gasteiger partial charge in [-0.05, 0) is 12.5 Å². The first kappa shape index (κ1) is 10.8. The summed E-state index contributed by atoms with van der Waals surface area (Å²) in [7, 11) is 0. The maximum absolute atomic E-state index is 4.32. The van der Waals surface area contributed by atoms with Crippen molar-refractivity contribution in [1.29, 1.82) is 0 Å². The highest BCUT2D eigenvalue weighted by Gasteiger charge is 2.01. The van der Waals surface area contributed by atoms with Crippen LogP contribution in [-0.4, -0.2) is 30.7 Å². The molecule has 0 aliphatic rings. The van der Waals surface area contributed by atoms with E-state index in [4.69, 9.17) is 0 Å². The van der Waals surface area contributed by atoms with Gasteiger partial charge in [0.25, 0.3) is 0 Å². The van der Waals surface area contributed by atoms with Crippen molar-refractivity contribution in [1.82, 2.24) is 24.1 Å². The fourth-order valence-corrected chi connectivity index (χ4v) is 1.88. The van der Waals surface area contributed by atoms with Crippen molar-refractivity contribution in [3.05, 3.63) is 43.4 Å². The molecule has 3 heterocycles. The Bertz CT molecular complexity index is 612.